The third-order valence-corrected chi connectivity index (χ3v) is 6.26. The molecule has 1 fully saturated rings. The molecule has 166 valence electrons. The summed E-state index contributed by atoms with van der Waals surface area (Å²) < 4.78 is 5.32. The molecule has 31 heavy (non-hydrogen) atoms. The molecule has 1 aliphatic rings. The highest BCUT2D eigenvalue weighted by molar-refractivity contribution is 5.95. The largest absolute Gasteiger partial charge is 0.495 e. The van der Waals surface area contributed by atoms with Gasteiger partial charge in [0.1, 0.15) is 31.9 Å². The number of benzene rings is 2. The molecule has 0 aliphatic carbocycles. The molecule has 2 aromatic carbocycles. The molecule has 0 radical (unpaired) electrons. The van der Waals surface area contributed by atoms with Gasteiger partial charge in [0.2, 0.25) is 0 Å². The third kappa shape index (κ3) is 5.83. The Labute approximate surface area is 184 Å². The van der Waals surface area contributed by atoms with E-state index in [0.717, 1.165) is 37.4 Å². The standard InChI is InChI=1S/C24H32N4O3/c1-17-8-7-10-20(18(17)2)25-23(29)16-27-12-14-28(15-13-27)19(3)24(30)26-21-9-5-6-11-22(21)31-4/h5-11,19H,12-16H2,1-4H3,(H,25,29)(H,26,30)/p+2/t19-/m1/s1. The summed E-state index contributed by atoms with van der Waals surface area (Å²) in [5.41, 5.74) is 3.85. The molecule has 1 saturated heterocycles. The highest BCUT2D eigenvalue weighted by Gasteiger charge is 2.32. The molecule has 0 bridgehead atoms. The van der Waals surface area contributed by atoms with Gasteiger partial charge in [0.15, 0.2) is 12.6 Å². The zero-order chi connectivity index (χ0) is 22.4. The Hall–Kier alpha value is -2.90. The lowest BCUT2D eigenvalue weighted by Gasteiger charge is -2.32. The summed E-state index contributed by atoms with van der Waals surface area (Å²) in [5.74, 6) is 0.673. The first-order valence-corrected chi connectivity index (χ1v) is 10.9. The normalized spacial score (nSPS) is 19.4. The molecule has 0 unspecified atom stereocenters. The van der Waals surface area contributed by atoms with E-state index in [1.54, 1.807) is 7.11 Å². The van der Waals surface area contributed by atoms with E-state index >= 15 is 0 Å². The van der Waals surface area contributed by atoms with Crippen LogP contribution >= 0.6 is 0 Å². The Bertz CT molecular complexity index is 923. The predicted molar refractivity (Wildman–Crippen MR) is 122 cm³/mol. The van der Waals surface area contributed by atoms with Crippen molar-refractivity contribution in [2.45, 2.75) is 26.8 Å². The van der Waals surface area contributed by atoms with Crippen LogP contribution in [0.3, 0.4) is 0 Å². The maximum Gasteiger partial charge on any atom is 0.282 e. The van der Waals surface area contributed by atoms with Crippen LogP contribution in [0.15, 0.2) is 42.5 Å². The van der Waals surface area contributed by atoms with Gasteiger partial charge >= 0.3 is 0 Å². The van der Waals surface area contributed by atoms with Gasteiger partial charge in [-0.1, -0.05) is 24.3 Å². The van der Waals surface area contributed by atoms with Gasteiger partial charge in [0.25, 0.3) is 11.8 Å². The fourth-order valence-electron chi connectivity index (χ4n) is 4.02. The number of rotatable bonds is 7. The smallest absolute Gasteiger partial charge is 0.282 e. The Morgan fingerprint density at radius 3 is 2.35 bits per heavy atom. The van der Waals surface area contributed by atoms with Crippen LogP contribution in [0.4, 0.5) is 11.4 Å². The summed E-state index contributed by atoms with van der Waals surface area (Å²) in [7, 11) is 1.60. The average molecular weight is 427 g/mol. The van der Waals surface area contributed by atoms with E-state index in [1.165, 1.54) is 15.4 Å². The minimum atomic E-state index is -0.171. The second-order valence-corrected chi connectivity index (χ2v) is 8.29. The fraction of sp³-hybridized carbons (Fsp3) is 0.417. The van der Waals surface area contributed by atoms with Crippen LogP contribution in [0.25, 0.3) is 0 Å². The van der Waals surface area contributed by atoms with E-state index in [2.05, 4.69) is 10.6 Å². The summed E-state index contributed by atoms with van der Waals surface area (Å²) in [6.07, 6.45) is 0. The first-order valence-electron chi connectivity index (χ1n) is 10.9. The number of hydrogen-bond donors (Lipinski definition) is 4. The second kappa shape index (κ2) is 10.4. The molecule has 0 spiro atoms. The number of carbonyl (C=O) groups is 2. The Morgan fingerprint density at radius 1 is 0.968 bits per heavy atom. The quantitative estimate of drug-likeness (QED) is 0.506. The topological polar surface area (TPSA) is 76.3 Å². The lowest BCUT2D eigenvalue weighted by Crippen LogP contribution is -3.30. The Kier molecular flexibility index (Phi) is 7.65. The van der Waals surface area contributed by atoms with E-state index in [0.29, 0.717) is 18.0 Å². The number of methoxy groups -OCH3 is 1. The maximum absolute atomic E-state index is 12.7. The summed E-state index contributed by atoms with van der Waals surface area (Å²) in [6, 6.07) is 13.2. The van der Waals surface area contributed by atoms with Gasteiger partial charge in [-0.3, -0.25) is 9.59 Å². The monoisotopic (exact) mass is 426 g/mol. The number of amides is 2. The van der Waals surface area contributed by atoms with Crippen molar-refractivity contribution in [1.82, 2.24) is 0 Å². The lowest BCUT2D eigenvalue weighted by atomic mass is 10.1. The van der Waals surface area contributed by atoms with E-state index < -0.39 is 0 Å². The molecule has 4 N–H and O–H groups in total. The maximum atomic E-state index is 12.7. The molecule has 2 aromatic rings. The molecular formula is C24H34N4O3+2. The molecule has 1 atom stereocenters. The fourth-order valence-corrected chi connectivity index (χ4v) is 4.02. The minimum absolute atomic E-state index is 0.0179. The van der Waals surface area contributed by atoms with Crippen molar-refractivity contribution in [3.63, 3.8) is 0 Å². The summed E-state index contributed by atoms with van der Waals surface area (Å²) in [6.45, 7) is 9.91. The van der Waals surface area contributed by atoms with Crippen molar-refractivity contribution >= 4 is 23.2 Å². The van der Waals surface area contributed by atoms with Crippen LogP contribution in [0.5, 0.6) is 5.75 Å². The van der Waals surface area contributed by atoms with Crippen LogP contribution in [0, 0.1) is 13.8 Å². The average Bonchev–Trinajstić information content (AvgIpc) is 2.77. The highest BCUT2D eigenvalue weighted by atomic mass is 16.5. The molecule has 7 heteroatoms. The number of anilines is 2. The number of carbonyl (C=O) groups excluding carboxylic acids is 2. The van der Waals surface area contributed by atoms with Crippen LogP contribution in [0.1, 0.15) is 18.1 Å². The van der Waals surface area contributed by atoms with Crippen molar-refractivity contribution in [3.8, 4) is 5.75 Å². The van der Waals surface area contributed by atoms with Crippen molar-refractivity contribution in [2.24, 2.45) is 0 Å². The van der Waals surface area contributed by atoms with Gasteiger partial charge in [-0.15, -0.1) is 0 Å². The summed E-state index contributed by atoms with van der Waals surface area (Å²) >= 11 is 0. The second-order valence-electron chi connectivity index (χ2n) is 8.29. The molecule has 1 heterocycles. The van der Waals surface area contributed by atoms with Crippen molar-refractivity contribution < 1.29 is 24.1 Å². The van der Waals surface area contributed by atoms with Gasteiger partial charge in [-0.25, -0.2) is 0 Å². The number of para-hydroxylation sites is 2. The number of hydrogen-bond acceptors (Lipinski definition) is 3. The first-order chi connectivity index (χ1) is 14.9. The van der Waals surface area contributed by atoms with Crippen LogP contribution in [-0.4, -0.2) is 57.7 Å². The number of aryl methyl sites for hydroxylation is 1. The van der Waals surface area contributed by atoms with Gasteiger partial charge in [-0.2, -0.15) is 0 Å². The van der Waals surface area contributed by atoms with Crippen molar-refractivity contribution in [2.75, 3.05) is 50.5 Å². The number of ether oxygens (including phenoxy) is 1. The van der Waals surface area contributed by atoms with Crippen molar-refractivity contribution in [1.29, 1.82) is 0 Å². The zero-order valence-electron chi connectivity index (χ0n) is 18.9. The zero-order valence-corrected chi connectivity index (χ0v) is 18.9. The van der Waals surface area contributed by atoms with Crippen LogP contribution in [-0.2, 0) is 9.59 Å². The first kappa shape index (κ1) is 22.8. The van der Waals surface area contributed by atoms with E-state index in [1.807, 2.05) is 63.2 Å². The van der Waals surface area contributed by atoms with Gasteiger partial charge in [0.05, 0.1) is 12.8 Å². The van der Waals surface area contributed by atoms with Crippen molar-refractivity contribution in [3.05, 3.63) is 53.6 Å². The van der Waals surface area contributed by atoms with Crippen LogP contribution in [0.2, 0.25) is 0 Å². The molecule has 2 amide bonds. The lowest BCUT2D eigenvalue weighted by molar-refractivity contribution is -1.01. The predicted octanol–water partition coefficient (Wildman–Crippen LogP) is 0.0611. The minimum Gasteiger partial charge on any atom is -0.495 e. The SMILES string of the molecule is COc1ccccc1NC(=O)[C@@H](C)[NH+]1CC[NH+](CC(=O)Nc2cccc(C)c2C)CC1. The third-order valence-electron chi connectivity index (χ3n) is 6.26. The number of nitrogens with one attached hydrogen (secondary N) is 4. The molecule has 0 aromatic heterocycles. The number of quaternary nitrogens is 2. The van der Waals surface area contributed by atoms with Crippen LogP contribution < -0.4 is 25.2 Å². The Balaban J connectivity index is 1.48. The Morgan fingerprint density at radius 2 is 1.65 bits per heavy atom. The molecular weight excluding hydrogens is 392 g/mol. The van der Waals surface area contributed by atoms with E-state index in [9.17, 15) is 9.59 Å². The highest BCUT2D eigenvalue weighted by Crippen LogP contribution is 2.22. The van der Waals surface area contributed by atoms with E-state index in [4.69, 9.17) is 4.74 Å². The molecule has 0 saturated carbocycles. The number of piperazine rings is 1. The molecule has 1 aliphatic heterocycles. The summed E-state index contributed by atoms with van der Waals surface area (Å²) in [5, 5.41) is 6.03. The molecule has 7 nitrogen and oxygen atoms in total. The van der Waals surface area contributed by atoms with E-state index in [-0.39, 0.29) is 17.9 Å². The van der Waals surface area contributed by atoms with Gasteiger partial charge < -0.3 is 25.2 Å². The molecule has 3 rings (SSSR count). The van der Waals surface area contributed by atoms with Gasteiger partial charge in [0, 0.05) is 5.69 Å². The van der Waals surface area contributed by atoms with Gasteiger partial charge in [-0.05, 0) is 50.1 Å². The summed E-state index contributed by atoms with van der Waals surface area (Å²) in [4.78, 5) is 27.8.